The van der Waals surface area contributed by atoms with Crippen LogP contribution in [0.15, 0.2) is 12.4 Å². The summed E-state index contributed by atoms with van der Waals surface area (Å²) < 4.78 is 28.1. The predicted molar refractivity (Wildman–Crippen MR) is 56.1 cm³/mol. The Bertz CT molecular complexity index is 466. The Morgan fingerprint density at radius 2 is 2.31 bits per heavy atom. The van der Waals surface area contributed by atoms with E-state index in [9.17, 15) is 13.2 Å². The van der Waals surface area contributed by atoms with Crippen LogP contribution in [0.1, 0.15) is 6.92 Å². The molecule has 1 aromatic heterocycles. The van der Waals surface area contributed by atoms with Crippen molar-refractivity contribution in [3.63, 3.8) is 0 Å². The lowest BCUT2D eigenvalue weighted by Crippen LogP contribution is -2.29. The van der Waals surface area contributed by atoms with Gasteiger partial charge >= 0.3 is 5.97 Å². The Labute approximate surface area is 92.5 Å². The number of aliphatic carboxylic acids is 1. The van der Waals surface area contributed by atoms with Gasteiger partial charge in [0.15, 0.2) is 0 Å². The number of aromatic nitrogens is 2. The Kier molecular flexibility index (Phi) is 3.85. The molecule has 3 N–H and O–H groups in total. The van der Waals surface area contributed by atoms with Crippen molar-refractivity contribution >= 4 is 21.9 Å². The predicted octanol–water partition coefficient (Wildman–Crippen LogP) is -0.766. The molecule has 0 aliphatic rings. The van der Waals surface area contributed by atoms with Gasteiger partial charge in [0.25, 0.3) is 10.2 Å². The Hall–Kier alpha value is -1.61. The number of anilines is 1. The minimum absolute atomic E-state index is 0.210. The molecule has 1 heterocycles. The lowest BCUT2D eigenvalue weighted by atomic mass is 10.6. The van der Waals surface area contributed by atoms with Crippen molar-refractivity contribution < 1.29 is 18.3 Å². The van der Waals surface area contributed by atoms with Crippen LogP contribution in [-0.2, 0) is 21.5 Å². The number of nitrogens with one attached hydrogen (secondary N) is 2. The van der Waals surface area contributed by atoms with Crippen molar-refractivity contribution in [3.05, 3.63) is 12.4 Å². The average Bonchev–Trinajstić information content (AvgIpc) is 2.49. The zero-order chi connectivity index (χ0) is 12.2. The van der Waals surface area contributed by atoms with E-state index in [1.165, 1.54) is 12.4 Å². The summed E-state index contributed by atoms with van der Waals surface area (Å²) in [6.07, 6.45) is 2.53. The summed E-state index contributed by atoms with van der Waals surface area (Å²) >= 11 is 0. The SMILES string of the molecule is CCNS(=O)(=O)Nc1cnn(CC(=O)O)c1. The molecule has 8 nitrogen and oxygen atoms in total. The van der Waals surface area contributed by atoms with E-state index >= 15 is 0 Å². The molecule has 0 saturated heterocycles. The minimum atomic E-state index is -3.60. The largest absolute Gasteiger partial charge is 0.480 e. The maximum absolute atomic E-state index is 11.3. The van der Waals surface area contributed by atoms with E-state index in [-0.39, 0.29) is 18.8 Å². The van der Waals surface area contributed by atoms with Crippen LogP contribution in [-0.4, -0.2) is 35.8 Å². The van der Waals surface area contributed by atoms with Crippen molar-refractivity contribution in [1.82, 2.24) is 14.5 Å². The zero-order valence-corrected chi connectivity index (χ0v) is 9.36. The van der Waals surface area contributed by atoms with Crippen LogP contribution < -0.4 is 9.44 Å². The van der Waals surface area contributed by atoms with E-state index in [1.807, 2.05) is 0 Å². The number of hydrogen-bond acceptors (Lipinski definition) is 4. The quantitative estimate of drug-likeness (QED) is 0.612. The Morgan fingerprint density at radius 1 is 1.62 bits per heavy atom. The van der Waals surface area contributed by atoms with Crippen LogP contribution in [0, 0.1) is 0 Å². The topological polar surface area (TPSA) is 113 Å². The number of carbonyl (C=O) groups is 1. The maximum Gasteiger partial charge on any atom is 0.325 e. The second kappa shape index (κ2) is 4.94. The van der Waals surface area contributed by atoms with Crippen molar-refractivity contribution in [1.29, 1.82) is 0 Å². The normalized spacial score (nSPS) is 11.3. The van der Waals surface area contributed by atoms with Gasteiger partial charge in [-0.3, -0.25) is 14.2 Å². The highest BCUT2D eigenvalue weighted by Gasteiger charge is 2.09. The molecule has 1 rings (SSSR count). The fourth-order valence-electron chi connectivity index (χ4n) is 1.02. The molecule has 0 saturated carbocycles. The van der Waals surface area contributed by atoms with Gasteiger partial charge in [0.2, 0.25) is 0 Å². The third-order valence-corrected chi connectivity index (χ3v) is 2.69. The Balaban J connectivity index is 2.69. The van der Waals surface area contributed by atoms with Crippen molar-refractivity contribution in [3.8, 4) is 0 Å². The molecule has 0 aliphatic carbocycles. The molecule has 0 unspecified atom stereocenters. The molecular weight excluding hydrogens is 236 g/mol. The smallest absolute Gasteiger partial charge is 0.325 e. The molecular formula is C7H12N4O4S. The van der Waals surface area contributed by atoms with E-state index in [4.69, 9.17) is 5.11 Å². The van der Waals surface area contributed by atoms with Gasteiger partial charge in [-0.05, 0) is 0 Å². The fraction of sp³-hybridized carbons (Fsp3) is 0.429. The second-order valence-corrected chi connectivity index (χ2v) is 4.42. The first-order valence-corrected chi connectivity index (χ1v) is 5.93. The summed E-state index contributed by atoms with van der Waals surface area (Å²) in [6, 6.07) is 0. The van der Waals surface area contributed by atoms with Crippen molar-refractivity contribution in [2.75, 3.05) is 11.3 Å². The van der Waals surface area contributed by atoms with E-state index in [0.717, 1.165) is 4.68 Å². The molecule has 0 amide bonds. The monoisotopic (exact) mass is 248 g/mol. The van der Waals surface area contributed by atoms with Gasteiger partial charge in [-0.2, -0.15) is 18.2 Å². The summed E-state index contributed by atoms with van der Waals surface area (Å²) in [5.41, 5.74) is 0.210. The van der Waals surface area contributed by atoms with Crippen LogP contribution >= 0.6 is 0 Å². The van der Waals surface area contributed by atoms with Crippen LogP contribution in [0.2, 0.25) is 0 Å². The molecule has 1 aromatic rings. The highest BCUT2D eigenvalue weighted by molar-refractivity contribution is 7.90. The molecule has 0 atom stereocenters. The molecule has 0 fully saturated rings. The van der Waals surface area contributed by atoms with Crippen molar-refractivity contribution in [2.24, 2.45) is 0 Å². The molecule has 0 bridgehead atoms. The summed E-state index contributed by atoms with van der Waals surface area (Å²) in [7, 11) is -3.60. The molecule has 0 aliphatic heterocycles. The van der Waals surface area contributed by atoms with Gasteiger partial charge in [0.1, 0.15) is 6.54 Å². The molecule has 16 heavy (non-hydrogen) atoms. The van der Waals surface area contributed by atoms with Gasteiger partial charge in [-0.15, -0.1) is 0 Å². The molecule has 0 spiro atoms. The maximum atomic E-state index is 11.3. The average molecular weight is 248 g/mol. The molecule has 0 radical (unpaired) electrons. The fourth-order valence-corrected chi connectivity index (χ4v) is 1.89. The zero-order valence-electron chi connectivity index (χ0n) is 8.54. The van der Waals surface area contributed by atoms with E-state index < -0.39 is 16.2 Å². The highest BCUT2D eigenvalue weighted by Crippen LogP contribution is 2.06. The lowest BCUT2D eigenvalue weighted by Gasteiger charge is -2.04. The number of carboxylic acid groups (broad SMARTS) is 1. The molecule has 9 heteroatoms. The van der Waals surface area contributed by atoms with Gasteiger partial charge in [-0.1, -0.05) is 6.92 Å². The van der Waals surface area contributed by atoms with E-state index in [0.29, 0.717) is 0 Å². The minimum Gasteiger partial charge on any atom is -0.480 e. The number of rotatable bonds is 6. The summed E-state index contributed by atoms with van der Waals surface area (Å²) in [5.74, 6) is -1.05. The van der Waals surface area contributed by atoms with E-state index in [1.54, 1.807) is 6.92 Å². The highest BCUT2D eigenvalue weighted by atomic mass is 32.2. The first-order valence-electron chi connectivity index (χ1n) is 4.44. The number of nitrogens with zero attached hydrogens (tertiary/aromatic N) is 2. The van der Waals surface area contributed by atoms with Gasteiger partial charge in [-0.25, -0.2) is 0 Å². The summed E-state index contributed by atoms with van der Waals surface area (Å²) in [4.78, 5) is 10.4. The lowest BCUT2D eigenvalue weighted by molar-refractivity contribution is -0.137. The van der Waals surface area contributed by atoms with Crippen LogP contribution in [0.3, 0.4) is 0 Å². The molecule has 0 aromatic carbocycles. The third-order valence-electron chi connectivity index (χ3n) is 1.52. The van der Waals surface area contributed by atoms with Gasteiger partial charge in [0, 0.05) is 12.7 Å². The van der Waals surface area contributed by atoms with Crippen LogP contribution in [0.25, 0.3) is 0 Å². The first kappa shape index (κ1) is 12.5. The number of hydrogen-bond donors (Lipinski definition) is 3. The third kappa shape index (κ3) is 3.87. The van der Waals surface area contributed by atoms with Crippen LogP contribution in [0.4, 0.5) is 5.69 Å². The summed E-state index contributed by atoms with van der Waals surface area (Å²) in [5, 5.41) is 12.2. The van der Waals surface area contributed by atoms with Crippen molar-refractivity contribution in [2.45, 2.75) is 13.5 Å². The van der Waals surface area contributed by atoms with E-state index in [2.05, 4.69) is 14.5 Å². The summed E-state index contributed by atoms with van der Waals surface area (Å²) in [6.45, 7) is 1.59. The molecule has 90 valence electrons. The Morgan fingerprint density at radius 3 is 2.88 bits per heavy atom. The van der Waals surface area contributed by atoms with Crippen LogP contribution in [0.5, 0.6) is 0 Å². The van der Waals surface area contributed by atoms with Gasteiger partial charge in [0.05, 0.1) is 11.9 Å². The standard InChI is InChI=1S/C7H12N4O4S/c1-2-9-16(14,15)10-6-3-8-11(4-6)5-7(12)13/h3-4,9-10H,2,5H2,1H3,(H,12,13). The second-order valence-electron chi connectivity index (χ2n) is 2.92. The van der Waals surface area contributed by atoms with Gasteiger partial charge < -0.3 is 5.11 Å². The first-order chi connectivity index (χ1) is 7.43. The number of carboxylic acids is 1.